The summed E-state index contributed by atoms with van der Waals surface area (Å²) in [4.78, 5) is 24.9. The molecule has 0 aliphatic carbocycles. The number of nitrogens with zero attached hydrogens (tertiary/aromatic N) is 3. The fourth-order valence-corrected chi connectivity index (χ4v) is 1.45. The SMILES string of the molecule is CC(NC(=O)c1c(N)cnn1C)C(=O)N(C)C. The number of nitrogens with two attached hydrogens (primary N) is 1. The van der Waals surface area contributed by atoms with E-state index < -0.39 is 11.9 Å². The molecule has 0 spiro atoms. The second kappa shape index (κ2) is 4.86. The number of likely N-dealkylation sites (N-methyl/N-ethyl adjacent to an activating group) is 1. The van der Waals surface area contributed by atoms with Gasteiger partial charge in [-0.1, -0.05) is 0 Å². The lowest BCUT2D eigenvalue weighted by molar-refractivity contribution is -0.130. The smallest absolute Gasteiger partial charge is 0.272 e. The summed E-state index contributed by atoms with van der Waals surface area (Å²) in [5, 5.41) is 6.43. The first-order chi connectivity index (χ1) is 7.84. The summed E-state index contributed by atoms with van der Waals surface area (Å²) in [7, 11) is 4.87. The number of aryl methyl sites for hydroxylation is 1. The lowest BCUT2D eigenvalue weighted by atomic mass is 10.2. The van der Waals surface area contributed by atoms with Gasteiger partial charge in [0.25, 0.3) is 5.91 Å². The van der Waals surface area contributed by atoms with Gasteiger partial charge in [0.15, 0.2) is 0 Å². The van der Waals surface area contributed by atoms with Crippen LogP contribution in [0.15, 0.2) is 6.20 Å². The van der Waals surface area contributed by atoms with Crippen molar-refractivity contribution in [1.82, 2.24) is 20.0 Å². The van der Waals surface area contributed by atoms with E-state index in [1.165, 1.54) is 15.8 Å². The zero-order valence-electron chi connectivity index (χ0n) is 10.4. The number of anilines is 1. The molecule has 0 bridgehead atoms. The maximum atomic E-state index is 11.9. The maximum Gasteiger partial charge on any atom is 0.272 e. The summed E-state index contributed by atoms with van der Waals surface area (Å²) in [6.45, 7) is 1.62. The average Bonchev–Trinajstić information content (AvgIpc) is 2.56. The van der Waals surface area contributed by atoms with Gasteiger partial charge in [-0.15, -0.1) is 0 Å². The van der Waals surface area contributed by atoms with Gasteiger partial charge >= 0.3 is 0 Å². The minimum atomic E-state index is -0.605. The van der Waals surface area contributed by atoms with Crippen LogP contribution in [0.4, 0.5) is 5.69 Å². The van der Waals surface area contributed by atoms with Gasteiger partial charge in [0.2, 0.25) is 5.91 Å². The Labute approximate surface area is 99.6 Å². The first-order valence-corrected chi connectivity index (χ1v) is 5.14. The van der Waals surface area contributed by atoms with E-state index in [-0.39, 0.29) is 17.3 Å². The topological polar surface area (TPSA) is 93.2 Å². The number of hydrogen-bond donors (Lipinski definition) is 2. The highest BCUT2D eigenvalue weighted by molar-refractivity contribution is 5.99. The van der Waals surface area contributed by atoms with Gasteiger partial charge in [0.1, 0.15) is 11.7 Å². The second-order valence-corrected chi connectivity index (χ2v) is 4.00. The fraction of sp³-hybridized carbons (Fsp3) is 0.500. The summed E-state index contributed by atoms with van der Waals surface area (Å²) in [5.41, 5.74) is 6.15. The minimum Gasteiger partial charge on any atom is -0.396 e. The van der Waals surface area contributed by atoms with E-state index >= 15 is 0 Å². The molecule has 0 radical (unpaired) electrons. The Morgan fingerprint density at radius 1 is 1.53 bits per heavy atom. The van der Waals surface area contributed by atoms with Crippen molar-refractivity contribution in [2.24, 2.45) is 7.05 Å². The lowest BCUT2D eigenvalue weighted by Gasteiger charge is -2.18. The molecule has 1 aromatic rings. The summed E-state index contributed by atoms with van der Waals surface area (Å²) < 4.78 is 1.37. The van der Waals surface area contributed by atoms with E-state index in [0.717, 1.165) is 0 Å². The molecule has 7 nitrogen and oxygen atoms in total. The molecular weight excluding hydrogens is 222 g/mol. The van der Waals surface area contributed by atoms with Crippen LogP contribution in [0.1, 0.15) is 17.4 Å². The number of amides is 2. The number of carbonyl (C=O) groups is 2. The predicted octanol–water partition coefficient (Wildman–Crippen LogP) is -0.791. The van der Waals surface area contributed by atoms with Gasteiger partial charge < -0.3 is 16.0 Å². The number of nitrogens with one attached hydrogen (secondary N) is 1. The van der Waals surface area contributed by atoms with Crippen molar-refractivity contribution >= 4 is 17.5 Å². The average molecular weight is 239 g/mol. The molecule has 1 heterocycles. The third kappa shape index (κ3) is 2.74. The maximum absolute atomic E-state index is 11.9. The van der Waals surface area contributed by atoms with Crippen molar-refractivity contribution < 1.29 is 9.59 Å². The van der Waals surface area contributed by atoms with E-state index in [9.17, 15) is 9.59 Å². The predicted molar refractivity (Wildman–Crippen MR) is 63.2 cm³/mol. The summed E-state index contributed by atoms with van der Waals surface area (Å²) in [6, 6.07) is -0.605. The van der Waals surface area contributed by atoms with Gasteiger partial charge in [0.05, 0.1) is 11.9 Å². The normalized spacial score (nSPS) is 12.0. The highest BCUT2D eigenvalue weighted by Crippen LogP contribution is 2.09. The Bertz CT molecular complexity index is 418. The highest BCUT2D eigenvalue weighted by atomic mass is 16.2. The molecule has 1 rings (SSSR count). The Kier molecular flexibility index (Phi) is 3.72. The lowest BCUT2D eigenvalue weighted by Crippen LogP contribution is -2.44. The molecule has 1 atom stereocenters. The first-order valence-electron chi connectivity index (χ1n) is 5.14. The van der Waals surface area contributed by atoms with Gasteiger partial charge in [-0.2, -0.15) is 5.10 Å². The van der Waals surface area contributed by atoms with Crippen molar-refractivity contribution in [1.29, 1.82) is 0 Å². The van der Waals surface area contributed by atoms with Crippen molar-refractivity contribution in [3.8, 4) is 0 Å². The van der Waals surface area contributed by atoms with Crippen LogP contribution in [0.25, 0.3) is 0 Å². The van der Waals surface area contributed by atoms with Crippen LogP contribution >= 0.6 is 0 Å². The first kappa shape index (κ1) is 13.0. The van der Waals surface area contributed by atoms with Crippen molar-refractivity contribution in [3.05, 3.63) is 11.9 Å². The Balaban J connectivity index is 2.77. The van der Waals surface area contributed by atoms with Gasteiger partial charge in [-0.3, -0.25) is 14.3 Å². The van der Waals surface area contributed by atoms with Crippen LogP contribution in [-0.4, -0.2) is 46.6 Å². The minimum absolute atomic E-state index is 0.181. The van der Waals surface area contributed by atoms with E-state index in [2.05, 4.69) is 10.4 Å². The zero-order chi connectivity index (χ0) is 13.2. The number of hydrogen-bond acceptors (Lipinski definition) is 4. The highest BCUT2D eigenvalue weighted by Gasteiger charge is 2.21. The third-order valence-corrected chi connectivity index (χ3v) is 2.34. The standard InChI is InChI=1S/C10H17N5O2/c1-6(10(17)14(2)3)13-9(16)8-7(11)5-12-15(8)4/h5-6H,11H2,1-4H3,(H,13,16). The molecule has 0 fully saturated rings. The molecule has 0 aliphatic heterocycles. The molecule has 0 saturated heterocycles. The van der Waals surface area contributed by atoms with Crippen LogP contribution in [-0.2, 0) is 11.8 Å². The van der Waals surface area contributed by atoms with Gasteiger partial charge in [-0.05, 0) is 6.92 Å². The van der Waals surface area contributed by atoms with Crippen LogP contribution in [0.2, 0.25) is 0 Å². The van der Waals surface area contributed by atoms with E-state index in [4.69, 9.17) is 5.73 Å². The quantitative estimate of drug-likeness (QED) is 0.722. The Morgan fingerprint density at radius 2 is 2.12 bits per heavy atom. The number of carbonyl (C=O) groups excluding carboxylic acids is 2. The molecule has 0 aromatic carbocycles. The van der Waals surface area contributed by atoms with Crippen LogP contribution in [0.5, 0.6) is 0 Å². The molecule has 3 N–H and O–H groups in total. The number of rotatable bonds is 3. The summed E-state index contributed by atoms with van der Waals surface area (Å²) >= 11 is 0. The summed E-state index contributed by atoms with van der Waals surface area (Å²) in [5.74, 6) is -0.593. The molecule has 94 valence electrons. The molecule has 1 aromatic heterocycles. The van der Waals surface area contributed by atoms with Crippen molar-refractivity contribution in [2.45, 2.75) is 13.0 Å². The monoisotopic (exact) mass is 239 g/mol. The number of aromatic nitrogens is 2. The van der Waals surface area contributed by atoms with Crippen molar-refractivity contribution in [3.63, 3.8) is 0 Å². The second-order valence-electron chi connectivity index (χ2n) is 4.00. The molecular formula is C10H17N5O2. The van der Waals surface area contributed by atoms with E-state index in [1.807, 2.05) is 0 Å². The molecule has 17 heavy (non-hydrogen) atoms. The van der Waals surface area contributed by atoms with E-state index in [1.54, 1.807) is 28.1 Å². The molecule has 1 unspecified atom stereocenters. The van der Waals surface area contributed by atoms with Crippen molar-refractivity contribution in [2.75, 3.05) is 19.8 Å². The molecule has 7 heteroatoms. The van der Waals surface area contributed by atoms with E-state index in [0.29, 0.717) is 0 Å². The Morgan fingerprint density at radius 3 is 2.53 bits per heavy atom. The Hall–Kier alpha value is -2.05. The largest absolute Gasteiger partial charge is 0.396 e. The van der Waals surface area contributed by atoms with Gasteiger partial charge in [-0.25, -0.2) is 0 Å². The van der Waals surface area contributed by atoms with Crippen LogP contribution in [0, 0.1) is 0 Å². The molecule has 0 saturated carbocycles. The van der Waals surface area contributed by atoms with Crippen LogP contribution < -0.4 is 11.1 Å². The summed E-state index contributed by atoms with van der Waals surface area (Å²) in [6.07, 6.45) is 1.40. The molecule has 2 amide bonds. The third-order valence-electron chi connectivity index (χ3n) is 2.34. The van der Waals surface area contributed by atoms with Gasteiger partial charge in [0, 0.05) is 21.1 Å². The van der Waals surface area contributed by atoms with Crippen LogP contribution in [0.3, 0.4) is 0 Å². The zero-order valence-corrected chi connectivity index (χ0v) is 10.4. The number of nitrogen functional groups attached to an aromatic ring is 1. The fourth-order valence-electron chi connectivity index (χ4n) is 1.45. The molecule has 0 aliphatic rings.